The number of fused-ring (bicyclic) bond motifs is 5. The molecule has 1 heterocycles. The van der Waals surface area contributed by atoms with E-state index in [2.05, 4.69) is 4.74 Å². The second-order valence-corrected chi connectivity index (χ2v) is 5.54. The number of hydrogen-bond acceptors (Lipinski definition) is 4. The van der Waals surface area contributed by atoms with Gasteiger partial charge in [0.25, 0.3) is 0 Å². The van der Waals surface area contributed by atoms with Gasteiger partial charge in [0, 0.05) is 11.8 Å². The first-order chi connectivity index (χ1) is 6.88. The zero-order valence-corrected chi connectivity index (χ0v) is 8.70. The molecular weight excluding hydrogens is 196 g/mol. The summed E-state index contributed by atoms with van der Waals surface area (Å²) >= 11 is 0. The van der Waals surface area contributed by atoms with E-state index in [4.69, 9.17) is 0 Å². The van der Waals surface area contributed by atoms with Crippen LogP contribution in [-0.4, -0.2) is 17.7 Å². The average molecular weight is 208 g/mol. The SMILES string of the molecule is C[C@@]12CC(=O)[C@@](C)(C1)[C@@H]1C(=O)OC(=O)[C@H]12. The molecule has 80 valence electrons. The Kier molecular flexibility index (Phi) is 1.30. The number of ketones is 1. The smallest absolute Gasteiger partial charge is 0.318 e. The minimum atomic E-state index is -0.650. The molecule has 2 bridgehead atoms. The lowest BCUT2D eigenvalue weighted by Crippen LogP contribution is -2.40. The Morgan fingerprint density at radius 2 is 1.73 bits per heavy atom. The number of esters is 2. The lowest BCUT2D eigenvalue weighted by molar-refractivity contribution is -0.156. The van der Waals surface area contributed by atoms with Crippen LogP contribution in [0, 0.1) is 22.7 Å². The molecule has 2 saturated carbocycles. The maximum atomic E-state index is 11.8. The first-order valence-electron chi connectivity index (χ1n) is 5.17. The lowest BCUT2D eigenvalue weighted by atomic mass is 9.68. The maximum absolute atomic E-state index is 11.8. The number of ether oxygens (including phenoxy) is 1. The highest BCUT2D eigenvalue weighted by atomic mass is 16.6. The van der Waals surface area contributed by atoms with Gasteiger partial charge in [-0.05, 0) is 11.8 Å². The van der Waals surface area contributed by atoms with Crippen LogP contribution < -0.4 is 0 Å². The van der Waals surface area contributed by atoms with E-state index < -0.39 is 23.3 Å². The van der Waals surface area contributed by atoms with E-state index in [-0.39, 0.29) is 17.1 Å². The van der Waals surface area contributed by atoms with E-state index in [1.165, 1.54) is 0 Å². The number of carbonyl (C=O) groups is 3. The van der Waals surface area contributed by atoms with Crippen LogP contribution in [0.4, 0.5) is 0 Å². The Hall–Kier alpha value is -1.19. The van der Waals surface area contributed by atoms with E-state index in [9.17, 15) is 14.4 Å². The highest BCUT2D eigenvalue weighted by molar-refractivity contribution is 6.05. The van der Waals surface area contributed by atoms with Crippen molar-refractivity contribution in [2.75, 3.05) is 0 Å². The molecule has 2 aliphatic carbocycles. The fraction of sp³-hybridized carbons (Fsp3) is 0.727. The Bertz CT molecular complexity index is 413. The van der Waals surface area contributed by atoms with Crippen molar-refractivity contribution in [2.24, 2.45) is 22.7 Å². The van der Waals surface area contributed by atoms with Crippen LogP contribution >= 0.6 is 0 Å². The minimum absolute atomic E-state index is 0.109. The van der Waals surface area contributed by atoms with Crippen molar-refractivity contribution in [1.29, 1.82) is 0 Å². The van der Waals surface area contributed by atoms with Gasteiger partial charge in [-0.1, -0.05) is 13.8 Å². The van der Waals surface area contributed by atoms with Crippen molar-refractivity contribution in [3.8, 4) is 0 Å². The fourth-order valence-corrected chi connectivity index (χ4v) is 3.89. The third kappa shape index (κ3) is 0.780. The number of cyclic esters (lactones) is 2. The molecule has 1 aliphatic heterocycles. The lowest BCUT2D eigenvalue weighted by Gasteiger charge is -2.29. The van der Waals surface area contributed by atoms with Crippen LogP contribution in [0.5, 0.6) is 0 Å². The van der Waals surface area contributed by atoms with E-state index >= 15 is 0 Å². The molecule has 0 N–H and O–H groups in total. The number of Topliss-reactive ketones (excluding diaryl/α,β-unsaturated/α-hetero) is 1. The van der Waals surface area contributed by atoms with Crippen molar-refractivity contribution >= 4 is 17.7 Å². The zero-order valence-electron chi connectivity index (χ0n) is 8.70. The van der Waals surface area contributed by atoms with Crippen molar-refractivity contribution in [3.05, 3.63) is 0 Å². The summed E-state index contributed by atoms with van der Waals surface area (Å²) in [5.74, 6) is -1.71. The summed E-state index contributed by atoms with van der Waals surface area (Å²) in [6, 6.07) is 0. The summed E-state index contributed by atoms with van der Waals surface area (Å²) in [7, 11) is 0. The molecule has 0 spiro atoms. The maximum Gasteiger partial charge on any atom is 0.318 e. The number of hydrogen-bond donors (Lipinski definition) is 0. The average Bonchev–Trinajstić information content (AvgIpc) is 2.58. The van der Waals surface area contributed by atoms with Crippen molar-refractivity contribution in [1.82, 2.24) is 0 Å². The predicted molar refractivity (Wildman–Crippen MR) is 48.5 cm³/mol. The Labute approximate surface area is 87.0 Å². The zero-order chi connectivity index (χ0) is 11.0. The van der Waals surface area contributed by atoms with Crippen molar-refractivity contribution in [2.45, 2.75) is 26.7 Å². The molecular formula is C11H12O4. The van der Waals surface area contributed by atoms with Crippen LogP contribution in [0.25, 0.3) is 0 Å². The summed E-state index contributed by atoms with van der Waals surface area (Å²) in [5.41, 5.74) is -0.998. The van der Waals surface area contributed by atoms with Gasteiger partial charge in [-0.15, -0.1) is 0 Å². The molecule has 4 nitrogen and oxygen atoms in total. The molecule has 0 radical (unpaired) electrons. The molecule has 4 atom stereocenters. The van der Waals surface area contributed by atoms with Crippen LogP contribution in [-0.2, 0) is 19.1 Å². The van der Waals surface area contributed by atoms with Gasteiger partial charge in [0.05, 0.1) is 11.8 Å². The molecule has 3 aliphatic rings. The van der Waals surface area contributed by atoms with Gasteiger partial charge in [-0.25, -0.2) is 0 Å². The minimum Gasteiger partial charge on any atom is -0.393 e. The van der Waals surface area contributed by atoms with E-state index in [1.54, 1.807) is 6.92 Å². The summed E-state index contributed by atoms with van der Waals surface area (Å²) in [5, 5.41) is 0. The van der Waals surface area contributed by atoms with Gasteiger partial charge >= 0.3 is 11.9 Å². The molecule has 0 aromatic heterocycles. The largest absolute Gasteiger partial charge is 0.393 e. The molecule has 3 fully saturated rings. The summed E-state index contributed by atoms with van der Waals surface area (Å²) in [6.07, 6.45) is 1.06. The van der Waals surface area contributed by atoms with E-state index in [0.717, 1.165) is 0 Å². The first-order valence-corrected chi connectivity index (χ1v) is 5.17. The monoisotopic (exact) mass is 208 g/mol. The molecule has 0 amide bonds. The van der Waals surface area contributed by atoms with Gasteiger partial charge < -0.3 is 4.74 Å². The quantitative estimate of drug-likeness (QED) is 0.434. The third-order valence-electron chi connectivity index (χ3n) is 4.45. The standard InChI is InChI=1S/C11H12O4/c1-10-3-5(12)11(2,4-10)7-6(10)8(13)15-9(7)14/h6-7H,3-4H2,1-2H3/t6-,7-,10+,11+/m0/s1. The Balaban J connectivity index is 2.18. The van der Waals surface area contributed by atoms with Crippen molar-refractivity contribution in [3.63, 3.8) is 0 Å². The van der Waals surface area contributed by atoms with Crippen LogP contribution in [0.3, 0.4) is 0 Å². The normalized spacial score (nSPS) is 52.3. The van der Waals surface area contributed by atoms with E-state index in [0.29, 0.717) is 12.8 Å². The Morgan fingerprint density at radius 3 is 2.40 bits per heavy atom. The summed E-state index contributed by atoms with van der Waals surface area (Å²) in [4.78, 5) is 34.9. The van der Waals surface area contributed by atoms with E-state index in [1.807, 2.05) is 6.92 Å². The molecule has 3 rings (SSSR count). The first kappa shape index (κ1) is 9.07. The molecule has 15 heavy (non-hydrogen) atoms. The van der Waals surface area contributed by atoms with Crippen molar-refractivity contribution < 1.29 is 19.1 Å². The number of rotatable bonds is 0. The van der Waals surface area contributed by atoms with Gasteiger partial charge in [0.2, 0.25) is 0 Å². The second kappa shape index (κ2) is 2.15. The topological polar surface area (TPSA) is 60.4 Å². The van der Waals surface area contributed by atoms with Gasteiger partial charge in [0.1, 0.15) is 5.78 Å². The third-order valence-corrected chi connectivity index (χ3v) is 4.45. The molecule has 0 aromatic carbocycles. The highest BCUT2D eigenvalue weighted by Crippen LogP contribution is 2.67. The van der Waals surface area contributed by atoms with Gasteiger partial charge in [-0.3, -0.25) is 14.4 Å². The van der Waals surface area contributed by atoms with Gasteiger partial charge in [-0.2, -0.15) is 0 Å². The highest BCUT2D eigenvalue weighted by Gasteiger charge is 2.73. The predicted octanol–water partition coefficient (Wildman–Crippen LogP) is 0.691. The molecule has 1 saturated heterocycles. The van der Waals surface area contributed by atoms with Crippen LogP contribution in [0.1, 0.15) is 26.7 Å². The van der Waals surface area contributed by atoms with Crippen LogP contribution in [0.2, 0.25) is 0 Å². The fourth-order valence-electron chi connectivity index (χ4n) is 3.89. The van der Waals surface area contributed by atoms with Gasteiger partial charge in [0.15, 0.2) is 0 Å². The Morgan fingerprint density at radius 1 is 1.13 bits per heavy atom. The van der Waals surface area contributed by atoms with Crippen LogP contribution in [0.15, 0.2) is 0 Å². The molecule has 0 aromatic rings. The molecule has 0 unspecified atom stereocenters. The number of carbonyl (C=O) groups excluding carboxylic acids is 3. The summed E-state index contributed by atoms with van der Waals surface area (Å²) < 4.78 is 4.66. The second-order valence-electron chi connectivity index (χ2n) is 5.54. The molecule has 4 heteroatoms. The summed E-state index contributed by atoms with van der Waals surface area (Å²) in [6.45, 7) is 3.71.